The van der Waals surface area contributed by atoms with E-state index in [9.17, 15) is 4.79 Å². The topological polar surface area (TPSA) is 86.9 Å². The van der Waals surface area contributed by atoms with E-state index in [0.717, 1.165) is 14.6 Å². The summed E-state index contributed by atoms with van der Waals surface area (Å²) < 4.78 is 2.96. The van der Waals surface area contributed by atoms with Gasteiger partial charge in [-0.05, 0) is 54.6 Å². The van der Waals surface area contributed by atoms with Gasteiger partial charge in [0.25, 0.3) is 0 Å². The molecular weight excluding hydrogens is 343 g/mol. The van der Waals surface area contributed by atoms with Crippen LogP contribution < -0.4 is 11.5 Å². The van der Waals surface area contributed by atoms with Crippen molar-refractivity contribution in [2.24, 2.45) is 5.73 Å². The number of nitrogen functional groups attached to an aromatic ring is 1. The Morgan fingerprint density at radius 1 is 1.50 bits per heavy atom. The van der Waals surface area contributed by atoms with E-state index in [2.05, 4.69) is 27.6 Å². The molecule has 0 spiro atoms. The smallest absolute Gasteiger partial charge is 0.219 e. The van der Waals surface area contributed by atoms with Gasteiger partial charge in [-0.1, -0.05) is 0 Å². The van der Waals surface area contributed by atoms with Gasteiger partial charge in [0.1, 0.15) is 0 Å². The van der Waals surface area contributed by atoms with Crippen LogP contribution >= 0.6 is 22.6 Å². The molecule has 96 valence electrons. The summed E-state index contributed by atoms with van der Waals surface area (Å²) in [6.07, 6.45) is 0.217. The third-order valence-corrected chi connectivity index (χ3v) is 3.53. The Morgan fingerprint density at radius 2 is 2.17 bits per heavy atom. The molecule has 0 bridgehead atoms. The molecule has 0 aliphatic carbocycles. The van der Waals surface area contributed by atoms with Gasteiger partial charge >= 0.3 is 0 Å². The highest BCUT2D eigenvalue weighted by Gasteiger charge is 2.27. The molecule has 0 saturated heterocycles. The fourth-order valence-electron chi connectivity index (χ4n) is 2.21. The van der Waals surface area contributed by atoms with Crippen molar-refractivity contribution < 1.29 is 4.79 Å². The summed E-state index contributed by atoms with van der Waals surface area (Å²) in [5.41, 5.74) is 12.5. The van der Waals surface area contributed by atoms with E-state index in [1.807, 2.05) is 36.6 Å². The number of hydrogen-bond donors (Lipinski definition) is 2. The fraction of sp³-hybridized carbons (Fsp3) is 0.333. The first-order valence-electron chi connectivity index (χ1n) is 5.53. The van der Waals surface area contributed by atoms with E-state index < -0.39 is 5.54 Å². The van der Waals surface area contributed by atoms with E-state index >= 15 is 0 Å². The zero-order valence-electron chi connectivity index (χ0n) is 10.3. The quantitative estimate of drug-likeness (QED) is 0.821. The molecule has 0 fully saturated rings. The number of imidazole rings is 1. The van der Waals surface area contributed by atoms with E-state index in [1.165, 1.54) is 0 Å². The van der Waals surface area contributed by atoms with Gasteiger partial charge in [-0.25, -0.2) is 4.98 Å². The minimum Gasteiger partial charge on any atom is -0.370 e. The third kappa shape index (κ3) is 2.29. The van der Waals surface area contributed by atoms with E-state index in [1.54, 1.807) is 0 Å². The van der Waals surface area contributed by atoms with Gasteiger partial charge in [0.05, 0.1) is 16.6 Å². The molecule has 1 amide bonds. The van der Waals surface area contributed by atoms with Crippen LogP contribution in [0.5, 0.6) is 0 Å². The van der Waals surface area contributed by atoms with Crippen LogP contribution in [0.25, 0.3) is 11.0 Å². The van der Waals surface area contributed by atoms with Crippen molar-refractivity contribution in [1.82, 2.24) is 9.55 Å². The van der Waals surface area contributed by atoms with E-state index in [0.29, 0.717) is 5.95 Å². The zero-order chi connectivity index (χ0) is 13.5. The van der Waals surface area contributed by atoms with Gasteiger partial charge in [-0.2, -0.15) is 0 Å². The lowest BCUT2D eigenvalue weighted by Gasteiger charge is -2.27. The molecule has 0 atom stereocenters. The Bertz CT molecular complexity index is 618. The maximum Gasteiger partial charge on any atom is 0.219 e. The minimum atomic E-state index is -0.489. The lowest BCUT2D eigenvalue weighted by molar-refractivity contribution is -0.119. The number of aromatic nitrogens is 2. The Balaban J connectivity index is 2.63. The summed E-state index contributed by atoms with van der Waals surface area (Å²) in [7, 11) is 0. The minimum absolute atomic E-state index is 0.217. The lowest BCUT2D eigenvalue weighted by Crippen LogP contribution is -2.33. The highest BCUT2D eigenvalue weighted by Crippen LogP contribution is 2.29. The number of halogens is 1. The number of amides is 1. The molecule has 5 nitrogen and oxygen atoms in total. The maximum absolute atomic E-state index is 11.2. The van der Waals surface area contributed by atoms with Crippen molar-refractivity contribution in [3.05, 3.63) is 21.8 Å². The van der Waals surface area contributed by atoms with Crippen LogP contribution in [-0.2, 0) is 10.3 Å². The summed E-state index contributed by atoms with van der Waals surface area (Å²) in [4.78, 5) is 15.5. The number of hydrogen-bond acceptors (Lipinski definition) is 3. The SMILES string of the molecule is CC(C)(CC(N)=O)n1c(N)nc2cc(I)ccc21. The number of anilines is 1. The molecule has 2 rings (SSSR count). The van der Waals surface area contributed by atoms with Crippen molar-refractivity contribution in [3.8, 4) is 0 Å². The molecule has 0 aliphatic heterocycles. The van der Waals surface area contributed by atoms with Gasteiger partial charge < -0.3 is 16.0 Å². The van der Waals surface area contributed by atoms with Gasteiger partial charge in [-0.15, -0.1) is 0 Å². The number of nitrogens with zero attached hydrogens (tertiary/aromatic N) is 2. The van der Waals surface area contributed by atoms with Crippen LogP contribution in [0, 0.1) is 3.57 Å². The van der Waals surface area contributed by atoms with Gasteiger partial charge in [0, 0.05) is 9.99 Å². The highest BCUT2D eigenvalue weighted by atomic mass is 127. The summed E-state index contributed by atoms with van der Waals surface area (Å²) in [6.45, 7) is 3.85. The molecule has 6 heteroatoms. The zero-order valence-corrected chi connectivity index (χ0v) is 12.4. The second kappa shape index (κ2) is 4.42. The number of benzene rings is 1. The van der Waals surface area contributed by atoms with Crippen molar-refractivity contribution in [3.63, 3.8) is 0 Å². The van der Waals surface area contributed by atoms with Crippen molar-refractivity contribution in [2.45, 2.75) is 25.8 Å². The fourth-order valence-corrected chi connectivity index (χ4v) is 2.69. The second-order valence-corrected chi connectivity index (χ2v) is 6.14. The van der Waals surface area contributed by atoms with Crippen LogP contribution in [0.15, 0.2) is 18.2 Å². The predicted molar refractivity (Wildman–Crippen MR) is 80.0 cm³/mol. The molecular formula is C12H15IN4O. The first-order chi connectivity index (χ1) is 8.31. The van der Waals surface area contributed by atoms with Crippen LogP contribution in [0.3, 0.4) is 0 Å². The van der Waals surface area contributed by atoms with Crippen molar-refractivity contribution >= 4 is 45.5 Å². The first kappa shape index (κ1) is 13.1. The maximum atomic E-state index is 11.2. The van der Waals surface area contributed by atoms with Gasteiger partial charge in [0.2, 0.25) is 11.9 Å². The molecule has 1 aromatic heterocycles. The largest absolute Gasteiger partial charge is 0.370 e. The van der Waals surface area contributed by atoms with Crippen LogP contribution in [0.2, 0.25) is 0 Å². The summed E-state index contributed by atoms with van der Waals surface area (Å²) in [5, 5.41) is 0. The number of carbonyl (C=O) groups excluding carboxylic acids is 1. The normalized spacial score (nSPS) is 11.9. The average Bonchev–Trinajstić information content (AvgIpc) is 2.51. The van der Waals surface area contributed by atoms with Gasteiger partial charge in [0.15, 0.2) is 0 Å². The van der Waals surface area contributed by atoms with Crippen LogP contribution in [0.1, 0.15) is 20.3 Å². The molecule has 18 heavy (non-hydrogen) atoms. The standard InChI is InChI=1S/C12H15IN4O/c1-12(2,6-10(14)18)17-9-4-3-7(13)5-8(9)16-11(17)15/h3-5H,6H2,1-2H3,(H2,14,18)(H2,15,16). The van der Waals surface area contributed by atoms with E-state index in [4.69, 9.17) is 11.5 Å². The molecule has 0 unspecified atom stereocenters. The molecule has 4 N–H and O–H groups in total. The predicted octanol–water partition coefficient (Wildman–Crippen LogP) is 1.83. The third-order valence-electron chi connectivity index (χ3n) is 2.85. The molecule has 0 saturated carbocycles. The Morgan fingerprint density at radius 3 is 2.78 bits per heavy atom. The number of rotatable bonds is 3. The monoisotopic (exact) mass is 358 g/mol. The van der Waals surface area contributed by atoms with Crippen molar-refractivity contribution in [1.29, 1.82) is 0 Å². The lowest BCUT2D eigenvalue weighted by atomic mass is 9.99. The first-order valence-corrected chi connectivity index (χ1v) is 6.61. The molecule has 1 aromatic carbocycles. The van der Waals surface area contributed by atoms with Crippen molar-refractivity contribution in [2.75, 3.05) is 5.73 Å². The molecule has 0 aliphatic rings. The Hall–Kier alpha value is -1.31. The highest BCUT2D eigenvalue weighted by molar-refractivity contribution is 14.1. The summed E-state index contributed by atoms with van der Waals surface area (Å²) >= 11 is 2.23. The average molecular weight is 358 g/mol. The number of fused-ring (bicyclic) bond motifs is 1. The summed E-state index contributed by atoms with van der Waals surface area (Å²) in [5.74, 6) is 0.0463. The molecule has 1 heterocycles. The number of nitrogens with two attached hydrogens (primary N) is 2. The molecule has 0 radical (unpaired) electrons. The summed E-state index contributed by atoms with van der Waals surface area (Å²) in [6, 6.07) is 5.91. The molecule has 2 aromatic rings. The van der Waals surface area contributed by atoms with Crippen LogP contribution in [0.4, 0.5) is 5.95 Å². The van der Waals surface area contributed by atoms with E-state index in [-0.39, 0.29) is 12.3 Å². The number of primary amides is 1. The number of carbonyl (C=O) groups is 1. The Labute approximate surface area is 119 Å². The van der Waals surface area contributed by atoms with Gasteiger partial charge in [-0.3, -0.25) is 4.79 Å². The van der Waals surface area contributed by atoms with Crippen LogP contribution in [-0.4, -0.2) is 15.5 Å². The Kier molecular flexibility index (Phi) is 3.22. The second-order valence-electron chi connectivity index (χ2n) is 4.89.